The van der Waals surface area contributed by atoms with Gasteiger partial charge in [-0.25, -0.2) is 0 Å². The molecule has 6 heteroatoms. The molecule has 0 aromatic heterocycles. The van der Waals surface area contributed by atoms with Crippen molar-refractivity contribution in [3.05, 3.63) is 29.8 Å². The lowest BCUT2D eigenvalue weighted by molar-refractivity contribution is -0.149. The highest BCUT2D eigenvalue weighted by atomic mass is 19.4. The summed E-state index contributed by atoms with van der Waals surface area (Å²) < 4.78 is 36.5. The fraction of sp³-hybridized carbons (Fsp3) is 0.500. The third kappa shape index (κ3) is 4.43. The molecule has 0 radical (unpaired) electrons. The van der Waals surface area contributed by atoms with Crippen LogP contribution in [0.5, 0.6) is 0 Å². The second-order valence-corrected chi connectivity index (χ2v) is 5.11. The highest BCUT2D eigenvalue weighted by molar-refractivity contribution is 5.77. The summed E-state index contributed by atoms with van der Waals surface area (Å²) in [4.78, 5) is 13.5. The molecular formula is C14H17F3N2O. The minimum atomic E-state index is -4.29. The Hall–Kier alpha value is -1.72. The predicted molar refractivity (Wildman–Crippen MR) is 69.7 cm³/mol. The minimum absolute atomic E-state index is 0.0910. The van der Waals surface area contributed by atoms with Crippen molar-refractivity contribution in [2.45, 2.75) is 44.4 Å². The third-order valence-corrected chi connectivity index (χ3v) is 3.26. The van der Waals surface area contributed by atoms with Gasteiger partial charge in [0, 0.05) is 24.7 Å². The van der Waals surface area contributed by atoms with Gasteiger partial charge in [0.25, 0.3) is 0 Å². The zero-order valence-corrected chi connectivity index (χ0v) is 11.0. The maximum Gasteiger partial charge on any atom is 0.389 e. The third-order valence-electron chi connectivity index (χ3n) is 3.26. The maximum atomic E-state index is 12.2. The molecular weight excluding hydrogens is 269 g/mol. The number of rotatable bonds is 5. The van der Waals surface area contributed by atoms with Crippen LogP contribution in [0.4, 0.5) is 18.9 Å². The van der Waals surface area contributed by atoms with Crippen molar-refractivity contribution < 1.29 is 18.0 Å². The first-order valence-corrected chi connectivity index (χ1v) is 6.56. The lowest BCUT2D eigenvalue weighted by atomic mass is 10.1. The molecule has 1 fully saturated rings. The van der Waals surface area contributed by atoms with E-state index in [0.717, 1.165) is 18.4 Å². The molecule has 0 spiro atoms. The van der Waals surface area contributed by atoms with E-state index in [4.69, 9.17) is 5.73 Å². The van der Waals surface area contributed by atoms with Crippen LogP contribution >= 0.6 is 0 Å². The van der Waals surface area contributed by atoms with Crippen molar-refractivity contribution in [1.82, 2.24) is 4.90 Å². The van der Waals surface area contributed by atoms with E-state index in [9.17, 15) is 18.0 Å². The van der Waals surface area contributed by atoms with Crippen LogP contribution in [0.25, 0.3) is 0 Å². The molecule has 0 saturated heterocycles. The second kappa shape index (κ2) is 5.73. The molecule has 0 bridgehead atoms. The molecule has 1 saturated carbocycles. The van der Waals surface area contributed by atoms with E-state index in [-0.39, 0.29) is 6.04 Å². The van der Waals surface area contributed by atoms with E-state index in [0.29, 0.717) is 12.2 Å². The van der Waals surface area contributed by atoms with Crippen LogP contribution < -0.4 is 5.73 Å². The molecule has 3 nitrogen and oxygen atoms in total. The SMILES string of the molecule is Nc1ccc(CN(C(=O)CCC(F)(F)F)C2CC2)cc1. The molecule has 110 valence electrons. The molecule has 2 rings (SSSR count). The van der Waals surface area contributed by atoms with E-state index in [1.165, 1.54) is 0 Å². The van der Waals surface area contributed by atoms with Crippen LogP contribution in [-0.2, 0) is 11.3 Å². The van der Waals surface area contributed by atoms with Gasteiger partial charge in [0.1, 0.15) is 0 Å². The molecule has 0 aliphatic heterocycles. The second-order valence-electron chi connectivity index (χ2n) is 5.11. The predicted octanol–water partition coefficient (Wildman–Crippen LogP) is 3.10. The first kappa shape index (κ1) is 14.7. The highest BCUT2D eigenvalue weighted by Crippen LogP contribution is 2.30. The standard InChI is InChI=1S/C14H17F3N2O/c15-14(16,17)8-7-13(20)19(12-5-6-12)9-10-1-3-11(18)4-2-10/h1-4,12H,5-9,18H2. The van der Waals surface area contributed by atoms with Gasteiger partial charge in [0.2, 0.25) is 5.91 Å². The number of hydrogen-bond acceptors (Lipinski definition) is 2. The molecule has 1 aromatic rings. The van der Waals surface area contributed by atoms with Crippen molar-refractivity contribution in [3.8, 4) is 0 Å². The number of anilines is 1. The van der Waals surface area contributed by atoms with Crippen molar-refractivity contribution in [2.75, 3.05) is 5.73 Å². The molecule has 0 unspecified atom stereocenters. The normalized spacial score (nSPS) is 15.2. The zero-order valence-electron chi connectivity index (χ0n) is 11.0. The molecule has 1 aromatic carbocycles. The summed E-state index contributed by atoms with van der Waals surface area (Å²) in [5.41, 5.74) is 7.08. The Morgan fingerprint density at radius 1 is 1.25 bits per heavy atom. The van der Waals surface area contributed by atoms with E-state index < -0.39 is 24.9 Å². The Kier molecular flexibility index (Phi) is 4.20. The molecule has 2 N–H and O–H groups in total. The van der Waals surface area contributed by atoms with E-state index in [2.05, 4.69) is 0 Å². The Balaban J connectivity index is 1.96. The summed E-state index contributed by atoms with van der Waals surface area (Å²) in [5, 5.41) is 0. The molecule has 1 aliphatic carbocycles. The van der Waals surface area contributed by atoms with Crippen LogP contribution in [0.1, 0.15) is 31.2 Å². The maximum absolute atomic E-state index is 12.2. The summed E-state index contributed by atoms with van der Waals surface area (Å²) in [6.07, 6.45) is -4.09. The van der Waals surface area contributed by atoms with Gasteiger partial charge in [0.15, 0.2) is 0 Å². The van der Waals surface area contributed by atoms with E-state index >= 15 is 0 Å². The Labute approximate surface area is 115 Å². The van der Waals surface area contributed by atoms with Gasteiger partial charge in [-0.05, 0) is 30.5 Å². The van der Waals surface area contributed by atoms with Crippen molar-refractivity contribution in [1.29, 1.82) is 0 Å². The summed E-state index contributed by atoms with van der Waals surface area (Å²) in [7, 11) is 0. The average Bonchev–Trinajstić information content (AvgIpc) is 3.18. The first-order chi connectivity index (χ1) is 9.35. The Morgan fingerprint density at radius 2 is 1.85 bits per heavy atom. The number of hydrogen-bond donors (Lipinski definition) is 1. The molecule has 0 heterocycles. The number of benzene rings is 1. The summed E-state index contributed by atoms with van der Waals surface area (Å²) >= 11 is 0. The quantitative estimate of drug-likeness (QED) is 0.845. The van der Waals surface area contributed by atoms with Crippen molar-refractivity contribution in [2.24, 2.45) is 0 Å². The van der Waals surface area contributed by atoms with Crippen LogP contribution in [0.3, 0.4) is 0 Å². The number of carbonyl (C=O) groups excluding carboxylic acids is 1. The van der Waals surface area contributed by atoms with Crippen LogP contribution in [0.15, 0.2) is 24.3 Å². The Bertz CT molecular complexity index is 466. The first-order valence-electron chi connectivity index (χ1n) is 6.56. The van der Waals surface area contributed by atoms with Gasteiger partial charge in [0.05, 0.1) is 6.42 Å². The number of nitrogens with two attached hydrogens (primary N) is 1. The zero-order chi connectivity index (χ0) is 14.8. The topological polar surface area (TPSA) is 46.3 Å². The molecule has 20 heavy (non-hydrogen) atoms. The number of nitrogens with zero attached hydrogens (tertiary/aromatic N) is 1. The smallest absolute Gasteiger partial charge is 0.389 e. The fourth-order valence-electron chi connectivity index (χ4n) is 2.02. The van der Waals surface area contributed by atoms with Crippen LogP contribution in [-0.4, -0.2) is 23.0 Å². The summed E-state index contributed by atoms with van der Waals surface area (Å²) in [5.74, 6) is -0.429. The van der Waals surface area contributed by atoms with E-state index in [1.807, 2.05) is 0 Å². The monoisotopic (exact) mass is 286 g/mol. The molecule has 0 atom stereocenters. The number of halogens is 3. The lowest BCUT2D eigenvalue weighted by Crippen LogP contribution is -2.33. The fourth-order valence-corrected chi connectivity index (χ4v) is 2.02. The summed E-state index contributed by atoms with van der Waals surface area (Å²) in [6.45, 7) is 0.349. The van der Waals surface area contributed by atoms with Gasteiger partial charge < -0.3 is 10.6 Å². The largest absolute Gasteiger partial charge is 0.399 e. The average molecular weight is 286 g/mol. The van der Waals surface area contributed by atoms with Gasteiger partial charge in [-0.2, -0.15) is 13.2 Å². The summed E-state index contributed by atoms with van der Waals surface area (Å²) in [6, 6.07) is 7.12. The minimum Gasteiger partial charge on any atom is -0.399 e. The number of amides is 1. The van der Waals surface area contributed by atoms with Gasteiger partial charge in [-0.15, -0.1) is 0 Å². The van der Waals surface area contributed by atoms with Crippen LogP contribution in [0, 0.1) is 0 Å². The van der Waals surface area contributed by atoms with Crippen LogP contribution in [0.2, 0.25) is 0 Å². The van der Waals surface area contributed by atoms with Gasteiger partial charge in [-0.1, -0.05) is 12.1 Å². The van der Waals surface area contributed by atoms with Crippen molar-refractivity contribution in [3.63, 3.8) is 0 Å². The number of alkyl halides is 3. The molecule has 1 aliphatic rings. The molecule has 1 amide bonds. The van der Waals surface area contributed by atoms with Gasteiger partial charge in [-0.3, -0.25) is 4.79 Å². The van der Waals surface area contributed by atoms with Crippen molar-refractivity contribution >= 4 is 11.6 Å². The Morgan fingerprint density at radius 3 is 2.35 bits per heavy atom. The highest BCUT2D eigenvalue weighted by Gasteiger charge is 2.35. The van der Waals surface area contributed by atoms with E-state index in [1.54, 1.807) is 29.2 Å². The van der Waals surface area contributed by atoms with Gasteiger partial charge >= 0.3 is 6.18 Å². The number of nitrogen functional groups attached to an aromatic ring is 1. The number of carbonyl (C=O) groups is 1. The lowest BCUT2D eigenvalue weighted by Gasteiger charge is -2.23.